The largest absolute Gasteiger partial charge is 0.490 e. The van der Waals surface area contributed by atoms with Crippen LogP contribution < -0.4 is 15.4 Å². The molecule has 1 fully saturated rings. The lowest BCUT2D eigenvalue weighted by molar-refractivity contribution is -0.137. The Morgan fingerprint density at radius 3 is 2.38 bits per heavy atom. The van der Waals surface area contributed by atoms with Crippen molar-refractivity contribution in [3.05, 3.63) is 59.7 Å². The first-order valence-electron chi connectivity index (χ1n) is 11.0. The second-order valence-electron chi connectivity index (χ2n) is 8.44. The Morgan fingerprint density at radius 1 is 1.06 bits per heavy atom. The molecule has 2 aromatic rings. The molecule has 2 amide bonds. The average molecular weight is 439 g/mol. The molecule has 7 nitrogen and oxygen atoms in total. The minimum atomic E-state index is -1.01. The predicted molar refractivity (Wildman–Crippen MR) is 122 cm³/mol. The van der Waals surface area contributed by atoms with E-state index >= 15 is 0 Å². The monoisotopic (exact) mass is 438 g/mol. The van der Waals surface area contributed by atoms with E-state index in [0.717, 1.165) is 18.6 Å². The summed E-state index contributed by atoms with van der Waals surface area (Å²) >= 11 is 0. The van der Waals surface area contributed by atoms with Gasteiger partial charge < -0.3 is 20.5 Å². The third-order valence-corrected chi connectivity index (χ3v) is 5.49. The van der Waals surface area contributed by atoms with Crippen molar-refractivity contribution in [2.75, 3.05) is 5.32 Å². The third kappa shape index (κ3) is 6.57. The van der Waals surface area contributed by atoms with Gasteiger partial charge in [0, 0.05) is 17.2 Å². The van der Waals surface area contributed by atoms with Crippen molar-refractivity contribution in [1.82, 2.24) is 5.32 Å². The van der Waals surface area contributed by atoms with E-state index in [1.807, 2.05) is 12.1 Å². The summed E-state index contributed by atoms with van der Waals surface area (Å²) < 4.78 is 5.96. The van der Waals surface area contributed by atoms with E-state index in [0.29, 0.717) is 16.8 Å². The number of aliphatic carboxylic acids is 1. The molecule has 32 heavy (non-hydrogen) atoms. The van der Waals surface area contributed by atoms with Crippen LogP contribution in [-0.4, -0.2) is 29.0 Å². The normalized spacial score (nSPS) is 14.7. The summed E-state index contributed by atoms with van der Waals surface area (Å²) in [5, 5.41) is 14.9. The van der Waals surface area contributed by atoms with Crippen molar-refractivity contribution in [2.24, 2.45) is 5.92 Å². The molecule has 1 aliphatic rings. The van der Waals surface area contributed by atoms with Crippen LogP contribution in [0.1, 0.15) is 67.9 Å². The zero-order valence-corrected chi connectivity index (χ0v) is 18.5. The van der Waals surface area contributed by atoms with Crippen LogP contribution in [0.25, 0.3) is 0 Å². The summed E-state index contributed by atoms with van der Waals surface area (Å²) in [6.07, 6.45) is 4.44. The molecule has 2 aromatic carbocycles. The third-order valence-electron chi connectivity index (χ3n) is 5.49. The molecule has 0 spiro atoms. The lowest BCUT2D eigenvalue weighted by Crippen LogP contribution is -2.30. The van der Waals surface area contributed by atoms with Gasteiger partial charge in [0.2, 0.25) is 5.91 Å². The van der Waals surface area contributed by atoms with Crippen molar-refractivity contribution in [3.8, 4) is 5.75 Å². The number of carbonyl (C=O) groups is 3. The Morgan fingerprint density at radius 2 is 1.75 bits per heavy atom. The smallest absolute Gasteiger partial charge is 0.305 e. The van der Waals surface area contributed by atoms with Gasteiger partial charge in [0.15, 0.2) is 0 Å². The summed E-state index contributed by atoms with van der Waals surface area (Å²) in [6, 6.07) is 13.1. The molecule has 1 atom stereocenters. The maximum absolute atomic E-state index is 12.8. The molecule has 0 saturated heterocycles. The number of hydrogen-bond acceptors (Lipinski definition) is 4. The first-order valence-corrected chi connectivity index (χ1v) is 11.0. The number of anilines is 1. The number of carboxylic acid groups (broad SMARTS) is 1. The van der Waals surface area contributed by atoms with Crippen LogP contribution in [0.5, 0.6) is 5.75 Å². The van der Waals surface area contributed by atoms with E-state index in [-0.39, 0.29) is 24.3 Å². The van der Waals surface area contributed by atoms with Crippen LogP contribution in [0.3, 0.4) is 0 Å². The molecule has 0 radical (unpaired) electrons. The SMILES string of the molecule is CC(C)C(=O)Nc1cccc(C(=O)N[C@@H](CC(=O)O)c2ccc(OC3CCCC3)cc2)c1. The number of rotatable bonds is 9. The van der Waals surface area contributed by atoms with Crippen LogP contribution in [0, 0.1) is 5.92 Å². The maximum Gasteiger partial charge on any atom is 0.305 e. The zero-order chi connectivity index (χ0) is 23.1. The molecular weight excluding hydrogens is 408 g/mol. The van der Waals surface area contributed by atoms with E-state index in [4.69, 9.17) is 4.74 Å². The number of ether oxygens (including phenoxy) is 1. The van der Waals surface area contributed by atoms with Crippen molar-refractivity contribution in [3.63, 3.8) is 0 Å². The van der Waals surface area contributed by atoms with Gasteiger partial charge in [-0.1, -0.05) is 32.0 Å². The molecule has 1 saturated carbocycles. The quantitative estimate of drug-likeness (QED) is 0.533. The van der Waals surface area contributed by atoms with Gasteiger partial charge in [-0.3, -0.25) is 14.4 Å². The van der Waals surface area contributed by atoms with E-state index in [2.05, 4.69) is 10.6 Å². The highest BCUT2D eigenvalue weighted by Crippen LogP contribution is 2.26. The van der Waals surface area contributed by atoms with Crippen LogP contribution >= 0.6 is 0 Å². The van der Waals surface area contributed by atoms with Gasteiger partial charge in [-0.25, -0.2) is 0 Å². The fourth-order valence-electron chi connectivity index (χ4n) is 3.67. The fraction of sp³-hybridized carbons (Fsp3) is 0.400. The van der Waals surface area contributed by atoms with Crippen molar-refractivity contribution in [2.45, 2.75) is 58.1 Å². The number of hydrogen-bond donors (Lipinski definition) is 3. The number of carboxylic acids is 1. The summed E-state index contributed by atoms with van der Waals surface area (Å²) in [5.41, 5.74) is 1.53. The predicted octanol–water partition coefficient (Wildman–Crippen LogP) is 4.55. The van der Waals surface area contributed by atoms with E-state index in [9.17, 15) is 19.5 Å². The molecule has 170 valence electrons. The molecule has 7 heteroatoms. The van der Waals surface area contributed by atoms with Gasteiger partial charge in [0.05, 0.1) is 18.6 Å². The summed E-state index contributed by atoms with van der Waals surface area (Å²) in [5.74, 6) is -1.02. The number of carbonyl (C=O) groups excluding carboxylic acids is 2. The molecule has 0 aromatic heterocycles. The Bertz CT molecular complexity index is 949. The lowest BCUT2D eigenvalue weighted by atomic mass is 10.0. The Labute approximate surface area is 188 Å². The molecule has 0 heterocycles. The average Bonchev–Trinajstić information content (AvgIpc) is 3.26. The van der Waals surface area contributed by atoms with Crippen molar-refractivity contribution in [1.29, 1.82) is 0 Å². The van der Waals surface area contributed by atoms with Gasteiger partial charge in [0.1, 0.15) is 5.75 Å². The van der Waals surface area contributed by atoms with E-state index in [1.165, 1.54) is 12.8 Å². The Balaban J connectivity index is 1.70. The van der Waals surface area contributed by atoms with E-state index < -0.39 is 17.9 Å². The van der Waals surface area contributed by atoms with Crippen LogP contribution in [0.2, 0.25) is 0 Å². The minimum Gasteiger partial charge on any atom is -0.490 e. The summed E-state index contributed by atoms with van der Waals surface area (Å²) in [4.78, 5) is 36.2. The van der Waals surface area contributed by atoms with Crippen molar-refractivity contribution < 1.29 is 24.2 Å². The molecule has 0 aliphatic heterocycles. The second kappa shape index (κ2) is 10.8. The standard InChI is InChI=1S/C25H30N2O5/c1-16(2)24(30)26-19-7-5-6-18(14-19)25(31)27-22(15-23(28)29)17-10-12-21(13-11-17)32-20-8-3-4-9-20/h5-7,10-14,16,20,22H,3-4,8-9,15H2,1-2H3,(H,26,30)(H,27,31)(H,28,29)/t22-/m0/s1. The van der Waals surface area contributed by atoms with Gasteiger partial charge >= 0.3 is 5.97 Å². The second-order valence-corrected chi connectivity index (χ2v) is 8.44. The molecule has 3 rings (SSSR count). The first-order chi connectivity index (χ1) is 15.3. The lowest BCUT2D eigenvalue weighted by Gasteiger charge is -2.19. The highest BCUT2D eigenvalue weighted by Gasteiger charge is 2.21. The highest BCUT2D eigenvalue weighted by atomic mass is 16.5. The Kier molecular flexibility index (Phi) is 7.87. The van der Waals surface area contributed by atoms with E-state index in [1.54, 1.807) is 50.2 Å². The zero-order valence-electron chi connectivity index (χ0n) is 18.5. The molecule has 0 bridgehead atoms. The van der Waals surface area contributed by atoms with Crippen LogP contribution in [0.4, 0.5) is 5.69 Å². The van der Waals surface area contributed by atoms with Gasteiger partial charge in [0.25, 0.3) is 5.91 Å². The summed E-state index contributed by atoms with van der Waals surface area (Å²) in [7, 11) is 0. The topological polar surface area (TPSA) is 105 Å². The first kappa shape index (κ1) is 23.3. The Hall–Kier alpha value is -3.35. The number of benzene rings is 2. The molecule has 3 N–H and O–H groups in total. The van der Waals surface area contributed by atoms with Crippen LogP contribution in [0.15, 0.2) is 48.5 Å². The maximum atomic E-state index is 12.8. The van der Waals surface area contributed by atoms with Crippen LogP contribution in [-0.2, 0) is 9.59 Å². The molecular formula is C25H30N2O5. The van der Waals surface area contributed by atoms with Gasteiger partial charge in [-0.05, 0) is 61.6 Å². The minimum absolute atomic E-state index is 0.147. The summed E-state index contributed by atoms with van der Waals surface area (Å²) in [6.45, 7) is 3.57. The number of nitrogens with one attached hydrogen (secondary N) is 2. The molecule has 1 aliphatic carbocycles. The fourth-order valence-corrected chi connectivity index (χ4v) is 3.67. The van der Waals surface area contributed by atoms with Gasteiger partial charge in [-0.15, -0.1) is 0 Å². The van der Waals surface area contributed by atoms with Gasteiger partial charge in [-0.2, -0.15) is 0 Å². The number of amides is 2. The molecule has 0 unspecified atom stereocenters. The van der Waals surface area contributed by atoms with Crippen molar-refractivity contribution >= 4 is 23.5 Å². The highest BCUT2D eigenvalue weighted by molar-refractivity contribution is 5.97.